The Morgan fingerprint density at radius 1 is 0.889 bits per heavy atom. The van der Waals surface area contributed by atoms with Crippen LogP contribution in [-0.2, 0) is 14.4 Å². The van der Waals surface area contributed by atoms with Gasteiger partial charge in [0.1, 0.15) is 11.8 Å². The fraction of sp³-hybridized carbons (Fsp3) is 0.276. The molecule has 0 aromatic heterocycles. The van der Waals surface area contributed by atoms with E-state index in [0.29, 0.717) is 22.7 Å². The number of methoxy groups -OCH3 is 1. The van der Waals surface area contributed by atoms with Gasteiger partial charge in [0.2, 0.25) is 5.91 Å². The molecule has 186 valence electrons. The van der Waals surface area contributed by atoms with Crippen LogP contribution in [0.25, 0.3) is 0 Å². The molecule has 3 aromatic rings. The molecule has 1 saturated carbocycles. The highest BCUT2D eigenvalue weighted by atomic mass is 16.5. The van der Waals surface area contributed by atoms with E-state index in [9.17, 15) is 14.4 Å². The maximum absolute atomic E-state index is 13.7. The molecule has 3 amide bonds. The van der Waals surface area contributed by atoms with Crippen LogP contribution in [-0.4, -0.2) is 30.9 Å². The van der Waals surface area contributed by atoms with Gasteiger partial charge in [-0.3, -0.25) is 19.3 Å². The van der Waals surface area contributed by atoms with Gasteiger partial charge in [0.05, 0.1) is 7.11 Å². The summed E-state index contributed by atoms with van der Waals surface area (Å²) >= 11 is 0. The van der Waals surface area contributed by atoms with Crippen molar-refractivity contribution in [3.05, 3.63) is 90.0 Å². The zero-order chi connectivity index (χ0) is 25.5. The van der Waals surface area contributed by atoms with Gasteiger partial charge in [-0.1, -0.05) is 60.9 Å². The van der Waals surface area contributed by atoms with Crippen molar-refractivity contribution in [3.8, 4) is 5.75 Å². The number of nitrogens with zero attached hydrogens (tertiary/aromatic N) is 1. The van der Waals surface area contributed by atoms with E-state index in [2.05, 4.69) is 10.6 Å². The zero-order valence-corrected chi connectivity index (χ0v) is 20.6. The van der Waals surface area contributed by atoms with Crippen LogP contribution in [0.5, 0.6) is 5.75 Å². The highest BCUT2D eigenvalue weighted by Crippen LogP contribution is 2.31. The van der Waals surface area contributed by atoms with E-state index in [-0.39, 0.29) is 11.9 Å². The lowest BCUT2D eigenvalue weighted by atomic mass is 10.0. The Kier molecular flexibility index (Phi) is 8.00. The second kappa shape index (κ2) is 11.5. The number of aryl methyl sites for hydroxylation is 1. The standard InChI is InChI=1S/C29H31N3O4/c1-20-12-14-21(15-13-20)26(27(33)30-22-10-6-7-11-22)32(24-16-18-25(36-2)19-17-24)29(35)28(34)31-23-8-4-3-5-9-23/h3-5,8-9,12-19,22,26H,6-7,10-11H2,1-2H3,(H,30,33)(H,31,34)/t26-/m0/s1. The molecule has 0 saturated heterocycles. The fourth-order valence-corrected chi connectivity index (χ4v) is 4.46. The number of carbonyl (C=O) groups is 3. The summed E-state index contributed by atoms with van der Waals surface area (Å²) in [6.07, 6.45) is 3.91. The van der Waals surface area contributed by atoms with Gasteiger partial charge < -0.3 is 15.4 Å². The predicted octanol–water partition coefficient (Wildman–Crippen LogP) is 4.78. The lowest BCUT2D eigenvalue weighted by Gasteiger charge is -2.32. The molecule has 0 radical (unpaired) electrons. The van der Waals surface area contributed by atoms with Gasteiger partial charge >= 0.3 is 11.8 Å². The molecule has 3 aromatic carbocycles. The lowest BCUT2D eigenvalue weighted by molar-refractivity contribution is -0.136. The number of ether oxygens (including phenoxy) is 1. The fourth-order valence-electron chi connectivity index (χ4n) is 4.46. The molecule has 0 aliphatic heterocycles. The van der Waals surface area contributed by atoms with Crippen LogP contribution in [0.15, 0.2) is 78.9 Å². The van der Waals surface area contributed by atoms with Crippen molar-refractivity contribution in [2.75, 3.05) is 17.3 Å². The second-order valence-corrected chi connectivity index (χ2v) is 9.00. The number of carbonyl (C=O) groups excluding carboxylic acids is 3. The van der Waals surface area contributed by atoms with Crippen LogP contribution >= 0.6 is 0 Å². The van der Waals surface area contributed by atoms with Crippen LogP contribution in [0.1, 0.15) is 42.9 Å². The Labute approximate surface area is 211 Å². The van der Waals surface area contributed by atoms with Gasteiger partial charge in [-0.15, -0.1) is 0 Å². The quantitative estimate of drug-likeness (QED) is 0.472. The summed E-state index contributed by atoms with van der Waals surface area (Å²) in [7, 11) is 1.55. The molecule has 1 fully saturated rings. The third-order valence-electron chi connectivity index (χ3n) is 6.40. The molecule has 0 unspecified atom stereocenters. The van der Waals surface area contributed by atoms with Crippen molar-refractivity contribution in [1.29, 1.82) is 0 Å². The van der Waals surface area contributed by atoms with Crippen molar-refractivity contribution < 1.29 is 19.1 Å². The van der Waals surface area contributed by atoms with Crippen molar-refractivity contribution >= 4 is 29.1 Å². The van der Waals surface area contributed by atoms with Gasteiger partial charge in [-0.2, -0.15) is 0 Å². The molecule has 4 rings (SSSR count). The minimum Gasteiger partial charge on any atom is -0.497 e. The van der Waals surface area contributed by atoms with Crippen molar-refractivity contribution in [1.82, 2.24) is 5.32 Å². The van der Waals surface area contributed by atoms with E-state index >= 15 is 0 Å². The van der Waals surface area contributed by atoms with Crippen molar-refractivity contribution in [2.24, 2.45) is 0 Å². The Morgan fingerprint density at radius 3 is 2.14 bits per heavy atom. The molecule has 7 heteroatoms. The summed E-state index contributed by atoms with van der Waals surface area (Å²) in [6.45, 7) is 1.96. The Balaban J connectivity index is 1.75. The summed E-state index contributed by atoms with van der Waals surface area (Å²) in [5.41, 5.74) is 2.55. The molecule has 7 nitrogen and oxygen atoms in total. The summed E-state index contributed by atoms with van der Waals surface area (Å²) in [4.78, 5) is 41.9. The number of nitrogens with one attached hydrogen (secondary N) is 2. The molecule has 36 heavy (non-hydrogen) atoms. The largest absolute Gasteiger partial charge is 0.497 e. The van der Waals surface area contributed by atoms with Crippen molar-refractivity contribution in [3.63, 3.8) is 0 Å². The van der Waals surface area contributed by atoms with Gasteiger partial charge in [-0.05, 0) is 61.7 Å². The smallest absolute Gasteiger partial charge is 0.317 e. The minimum atomic E-state index is -1.03. The second-order valence-electron chi connectivity index (χ2n) is 9.00. The molecular formula is C29H31N3O4. The molecular weight excluding hydrogens is 454 g/mol. The van der Waals surface area contributed by atoms with Crippen LogP contribution in [0.3, 0.4) is 0 Å². The number of hydrogen-bond donors (Lipinski definition) is 2. The number of anilines is 2. The predicted molar refractivity (Wildman–Crippen MR) is 140 cm³/mol. The first-order valence-corrected chi connectivity index (χ1v) is 12.2. The average Bonchev–Trinajstić information content (AvgIpc) is 3.41. The minimum absolute atomic E-state index is 0.0522. The molecule has 0 bridgehead atoms. The third kappa shape index (κ3) is 5.92. The molecule has 2 N–H and O–H groups in total. The van der Waals surface area contributed by atoms with Crippen LogP contribution in [0.2, 0.25) is 0 Å². The Hall–Kier alpha value is -4.13. The van der Waals surface area contributed by atoms with E-state index in [1.165, 1.54) is 4.90 Å². The van der Waals surface area contributed by atoms with E-state index in [0.717, 1.165) is 31.2 Å². The maximum Gasteiger partial charge on any atom is 0.317 e. The third-order valence-corrected chi connectivity index (χ3v) is 6.40. The number of amides is 3. The number of para-hydroxylation sites is 1. The van der Waals surface area contributed by atoms with Crippen LogP contribution in [0.4, 0.5) is 11.4 Å². The molecule has 0 spiro atoms. The highest BCUT2D eigenvalue weighted by Gasteiger charge is 2.37. The van der Waals surface area contributed by atoms with E-state index in [4.69, 9.17) is 4.74 Å². The van der Waals surface area contributed by atoms with E-state index in [1.54, 1.807) is 55.6 Å². The first kappa shape index (κ1) is 25.0. The summed E-state index contributed by atoms with van der Waals surface area (Å²) in [5.74, 6) is -1.39. The first-order chi connectivity index (χ1) is 17.5. The van der Waals surface area contributed by atoms with E-state index in [1.807, 2.05) is 37.3 Å². The number of benzene rings is 3. The van der Waals surface area contributed by atoms with Crippen molar-refractivity contribution in [2.45, 2.75) is 44.7 Å². The Morgan fingerprint density at radius 2 is 1.53 bits per heavy atom. The SMILES string of the molecule is COc1ccc(N(C(=O)C(=O)Nc2ccccc2)[C@H](C(=O)NC2CCCC2)c2ccc(C)cc2)cc1. The maximum atomic E-state index is 13.7. The topological polar surface area (TPSA) is 87.7 Å². The van der Waals surface area contributed by atoms with Gasteiger partial charge in [0, 0.05) is 17.4 Å². The van der Waals surface area contributed by atoms with Gasteiger partial charge in [-0.25, -0.2) is 0 Å². The summed E-state index contributed by atoms with van der Waals surface area (Å²) < 4.78 is 5.27. The molecule has 1 aliphatic rings. The molecule has 1 atom stereocenters. The lowest BCUT2D eigenvalue weighted by Crippen LogP contribution is -2.49. The number of hydrogen-bond acceptors (Lipinski definition) is 4. The normalized spacial score (nSPS) is 14.1. The average molecular weight is 486 g/mol. The van der Waals surface area contributed by atoms with Gasteiger partial charge in [0.25, 0.3) is 0 Å². The highest BCUT2D eigenvalue weighted by molar-refractivity contribution is 6.45. The van der Waals surface area contributed by atoms with Crippen LogP contribution < -0.4 is 20.3 Å². The molecule has 0 heterocycles. The summed E-state index contributed by atoms with van der Waals surface area (Å²) in [6, 6.07) is 22.0. The summed E-state index contributed by atoms with van der Waals surface area (Å²) in [5, 5.41) is 5.77. The van der Waals surface area contributed by atoms with Crippen LogP contribution in [0, 0.1) is 6.92 Å². The molecule has 1 aliphatic carbocycles. The zero-order valence-electron chi connectivity index (χ0n) is 20.6. The van der Waals surface area contributed by atoms with E-state index < -0.39 is 17.9 Å². The van der Waals surface area contributed by atoms with Gasteiger partial charge in [0.15, 0.2) is 0 Å². The number of rotatable bonds is 7. The Bertz CT molecular complexity index is 1190. The first-order valence-electron chi connectivity index (χ1n) is 12.2. The monoisotopic (exact) mass is 485 g/mol.